The van der Waals surface area contributed by atoms with E-state index in [4.69, 9.17) is 21.5 Å². The fraction of sp³-hybridized carbons (Fsp3) is 0.0781. The highest BCUT2D eigenvalue weighted by atomic mass is 14.9. The van der Waals surface area contributed by atoms with Crippen molar-refractivity contribution in [2.75, 3.05) is 0 Å². The van der Waals surface area contributed by atoms with E-state index in [9.17, 15) is 0 Å². The first kappa shape index (κ1) is 41.2. The number of hydrogen-bond acceptors (Lipinski definition) is 3. The normalized spacial score (nSPS) is 15.5. The molecule has 1 aromatic heterocycles. The smallest absolute Gasteiger partial charge is 0.184 e. The van der Waals surface area contributed by atoms with Gasteiger partial charge in [-0.3, -0.25) is 4.99 Å². The molecule has 0 amide bonds. The second-order valence-corrected chi connectivity index (χ2v) is 18.0. The van der Waals surface area contributed by atoms with Gasteiger partial charge in [0.05, 0.1) is 17.1 Å². The highest BCUT2D eigenvalue weighted by Crippen LogP contribution is 2.50. The molecule has 2 heterocycles. The van der Waals surface area contributed by atoms with Crippen molar-refractivity contribution in [3.8, 4) is 33.5 Å². The predicted octanol–water partition coefficient (Wildman–Crippen LogP) is 16.4. The molecule has 4 aliphatic rings. The lowest BCUT2D eigenvalue weighted by molar-refractivity contribution is 1.07. The summed E-state index contributed by atoms with van der Waals surface area (Å²) < 4.78 is 0. The van der Waals surface area contributed by atoms with Gasteiger partial charge in [0.1, 0.15) is 0 Å². The topological polar surface area (TPSA) is 38.1 Å². The minimum Gasteiger partial charge on any atom is -0.253 e. The first-order valence-corrected chi connectivity index (χ1v) is 23.6. The number of aromatic nitrogens is 2. The van der Waals surface area contributed by atoms with Crippen LogP contribution in [0, 0.1) is 6.92 Å². The lowest BCUT2D eigenvalue weighted by Crippen LogP contribution is -2.07. The van der Waals surface area contributed by atoms with Gasteiger partial charge in [-0.05, 0) is 127 Å². The Morgan fingerprint density at radius 1 is 0.544 bits per heavy atom. The van der Waals surface area contributed by atoms with Crippen molar-refractivity contribution in [3.05, 3.63) is 246 Å². The molecule has 7 aromatic carbocycles. The van der Waals surface area contributed by atoms with Gasteiger partial charge >= 0.3 is 0 Å². The number of fused-ring (bicyclic) bond motifs is 4. The van der Waals surface area contributed by atoms with Crippen LogP contribution in [0.3, 0.4) is 0 Å². The van der Waals surface area contributed by atoms with E-state index in [0.717, 1.165) is 103 Å². The van der Waals surface area contributed by atoms with E-state index in [2.05, 4.69) is 221 Å². The number of rotatable bonds is 10. The van der Waals surface area contributed by atoms with E-state index in [1.54, 1.807) is 0 Å². The summed E-state index contributed by atoms with van der Waals surface area (Å²) in [5, 5.41) is 9.35. The first-order valence-electron chi connectivity index (χ1n) is 23.6. The summed E-state index contributed by atoms with van der Waals surface area (Å²) in [6.45, 7) is 9.14. The lowest BCUT2D eigenvalue weighted by Gasteiger charge is -2.23. The van der Waals surface area contributed by atoms with Gasteiger partial charge in [0.2, 0.25) is 0 Å². The van der Waals surface area contributed by atoms with E-state index in [-0.39, 0.29) is 0 Å². The monoisotopic (exact) mass is 868 g/mol. The second-order valence-electron chi connectivity index (χ2n) is 18.0. The first-order chi connectivity index (χ1) is 33.5. The maximum absolute atomic E-state index is 5.48. The molecular formula is C64H47BN3. The Balaban J connectivity index is 1.09. The quantitative estimate of drug-likeness (QED) is 0.0594. The van der Waals surface area contributed by atoms with E-state index >= 15 is 0 Å². The van der Waals surface area contributed by atoms with Crippen LogP contribution in [0.25, 0.3) is 93.2 Å². The van der Waals surface area contributed by atoms with E-state index < -0.39 is 0 Å². The molecule has 3 nitrogen and oxygen atoms in total. The van der Waals surface area contributed by atoms with Crippen molar-refractivity contribution in [1.82, 2.24) is 9.97 Å². The fourth-order valence-corrected chi connectivity index (χ4v) is 10.7. The van der Waals surface area contributed by atoms with Gasteiger partial charge in [0, 0.05) is 22.4 Å². The number of aliphatic imine (C=N–C) groups is 1. The second kappa shape index (κ2) is 17.2. The molecule has 0 bridgehead atoms. The number of nitrogens with zero attached hydrogens (tertiary/aromatic N) is 3. The molecule has 1 aliphatic heterocycles. The average Bonchev–Trinajstić information content (AvgIpc) is 4.25. The van der Waals surface area contributed by atoms with Crippen molar-refractivity contribution < 1.29 is 0 Å². The maximum atomic E-state index is 5.48. The van der Waals surface area contributed by atoms with Gasteiger partial charge in [0.15, 0.2) is 13.1 Å². The molecule has 0 N–H and O–H groups in total. The molecule has 8 aromatic rings. The minimum atomic E-state index is 0.778. The van der Waals surface area contributed by atoms with Crippen LogP contribution in [-0.2, 0) is 0 Å². The Kier molecular flexibility index (Phi) is 10.4. The van der Waals surface area contributed by atoms with Gasteiger partial charge in [-0.25, -0.2) is 9.97 Å². The number of benzene rings is 7. The van der Waals surface area contributed by atoms with Gasteiger partial charge in [0.25, 0.3) is 0 Å². The van der Waals surface area contributed by atoms with Crippen molar-refractivity contribution in [2.24, 2.45) is 4.99 Å². The van der Waals surface area contributed by atoms with Crippen molar-refractivity contribution in [3.63, 3.8) is 0 Å². The molecule has 1 radical (unpaired) electrons. The van der Waals surface area contributed by atoms with Crippen LogP contribution in [0.1, 0.15) is 48.8 Å². The summed E-state index contributed by atoms with van der Waals surface area (Å²) in [5.41, 5.74) is 17.6. The molecular weight excluding hydrogens is 822 g/mol. The molecule has 0 unspecified atom stereocenters. The summed E-state index contributed by atoms with van der Waals surface area (Å²) in [6.07, 6.45) is 28.5. The third-order valence-electron chi connectivity index (χ3n) is 14.0. The third-order valence-corrected chi connectivity index (χ3v) is 14.0. The lowest BCUT2D eigenvalue weighted by atomic mass is 9.70. The molecule has 0 fully saturated rings. The summed E-state index contributed by atoms with van der Waals surface area (Å²) in [5.74, 6) is 2.87. The number of allylic oxidation sites excluding steroid dienone is 16. The zero-order chi connectivity index (χ0) is 45.7. The molecule has 321 valence electrons. The SMILES string of the molecule is C=C(C=C(N=C(C)C1=CC=CC1)C1=CC=CC1)c1c2ccccc2c(-c2ccccc2-c2c3ccccc3c(-c3nc(C4=CC=CC4)nc(C4=CC=C[B]4)c3C)c3ccccc23)c2ccccc12. The van der Waals surface area contributed by atoms with Crippen molar-refractivity contribution in [1.29, 1.82) is 0 Å². The molecule has 4 heteroatoms. The van der Waals surface area contributed by atoms with Crippen LogP contribution in [-0.4, -0.2) is 23.0 Å². The van der Waals surface area contributed by atoms with Crippen LogP contribution >= 0.6 is 0 Å². The highest BCUT2D eigenvalue weighted by Gasteiger charge is 2.26. The summed E-state index contributed by atoms with van der Waals surface area (Å²) in [4.78, 5) is 16.0. The predicted molar refractivity (Wildman–Crippen MR) is 292 cm³/mol. The summed E-state index contributed by atoms with van der Waals surface area (Å²) in [7, 11) is 2.15. The minimum absolute atomic E-state index is 0.778. The van der Waals surface area contributed by atoms with Crippen LogP contribution < -0.4 is 0 Å². The van der Waals surface area contributed by atoms with Crippen molar-refractivity contribution in [2.45, 2.75) is 33.1 Å². The Labute approximate surface area is 398 Å². The molecule has 12 rings (SSSR count). The molecule has 68 heavy (non-hydrogen) atoms. The zero-order valence-corrected chi connectivity index (χ0v) is 38.3. The van der Waals surface area contributed by atoms with E-state index in [0.29, 0.717) is 0 Å². The maximum Gasteiger partial charge on any atom is 0.184 e. The Morgan fingerprint density at radius 2 is 1.03 bits per heavy atom. The van der Waals surface area contributed by atoms with Crippen LogP contribution in [0.5, 0.6) is 0 Å². The Morgan fingerprint density at radius 3 is 1.54 bits per heavy atom. The van der Waals surface area contributed by atoms with E-state index in [1.807, 2.05) is 0 Å². The average molecular weight is 869 g/mol. The van der Waals surface area contributed by atoms with Crippen LogP contribution in [0.2, 0.25) is 0 Å². The summed E-state index contributed by atoms with van der Waals surface area (Å²) in [6, 6.07) is 44.6. The van der Waals surface area contributed by atoms with Gasteiger partial charge in [-0.1, -0.05) is 200 Å². The Bertz CT molecular complexity index is 3710. The molecule has 3 aliphatic carbocycles. The fourth-order valence-electron chi connectivity index (χ4n) is 10.7. The molecule has 0 saturated carbocycles. The molecule has 0 saturated heterocycles. The Hall–Kier alpha value is -8.21. The van der Waals surface area contributed by atoms with Gasteiger partial charge in [-0.2, -0.15) is 0 Å². The third kappa shape index (κ3) is 7.03. The highest BCUT2D eigenvalue weighted by molar-refractivity contribution is 6.66. The van der Waals surface area contributed by atoms with Gasteiger partial charge < -0.3 is 0 Å². The standard InChI is InChI=1S/C64H47BN3/c1-40(39-57(44-23-6-7-24-44)66-42(3)43-21-4-5-22-43)58-46-27-10-12-29-48(46)59(49-30-13-11-28-47(49)58)50-31-14-15-32-51(50)60-52-33-16-18-35-54(52)61(55-36-19-17-34-53(55)60)63-41(2)62(56-37-20-38-65-56)67-64(68-63)45-25-8-9-26-45/h4-21,23,25,27-39H,1,22,24,26H2,2-3H3. The van der Waals surface area contributed by atoms with Crippen LogP contribution in [0.15, 0.2) is 229 Å². The number of hydrogen-bond donors (Lipinski definition) is 0. The molecule has 0 atom stereocenters. The molecule has 0 spiro atoms. The zero-order valence-electron chi connectivity index (χ0n) is 38.3. The van der Waals surface area contributed by atoms with E-state index in [1.165, 1.54) is 54.9 Å². The largest absolute Gasteiger partial charge is 0.253 e. The summed E-state index contributed by atoms with van der Waals surface area (Å²) >= 11 is 0. The van der Waals surface area contributed by atoms with Crippen LogP contribution in [0.4, 0.5) is 0 Å². The van der Waals surface area contributed by atoms with Crippen molar-refractivity contribution >= 4 is 72.7 Å². The van der Waals surface area contributed by atoms with Gasteiger partial charge in [-0.15, -0.1) is 5.98 Å².